The van der Waals surface area contributed by atoms with Crippen LogP contribution in [0.2, 0.25) is 0 Å². The van der Waals surface area contributed by atoms with E-state index in [4.69, 9.17) is 4.74 Å². The molecule has 4 bridgehead atoms. The van der Waals surface area contributed by atoms with Crippen LogP contribution in [0.1, 0.15) is 30.5 Å². The number of benzene rings is 1. The molecule has 5 unspecified atom stereocenters. The van der Waals surface area contributed by atoms with Gasteiger partial charge in [0.05, 0.1) is 6.61 Å². The topological polar surface area (TPSA) is 77.6 Å². The first-order valence-electron chi connectivity index (χ1n) is 10.9. The number of aliphatic hydroxyl groups excluding tert-OH is 1. The number of amides is 1. The minimum absolute atomic E-state index is 0.0354. The maximum atomic E-state index is 13.8. The summed E-state index contributed by atoms with van der Waals surface area (Å²) in [6, 6.07) is 8.60. The smallest absolute Gasteiger partial charge is 0.233 e. The van der Waals surface area contributed by atoms with Gasteiger partial charge in [-0.1, -0.05) is 18.2 Å². The fourth-order valence-electron chi connectivity index (χ4n) is 6.60. The number of aromatic amines is 1. The number of methoxy groups -OCH3 is 1. The van der Waals surface area contributed by atoms with E-state index in [1.807, 2.05) is 0 Å². The number of hydrogen-bond acceptors (Lipinski definition) is 4. The first-order chi connectivity index (χ1) is 14.2. The van der Waals surface area contributed by atoms with Crippen molar-refractivity contribution in [2.75, 3.05) is 40.0 Å². The van der Waals surface area contributed by atoms with Crippen LogP contribution in [0, 0.1) is 11.8 Å². The van der Waals surface area contributed by atoms with E-state index in [0.29, 0.717) is 18.4 Å². The lowest BCUT2D eigenvalue weighted by Crippen LogP contribution is -2.69. The molecule has 156 valence electrons. The highest BCUT2D eigenvalue weighted by Gasteiger charge is 2.61. The molecule has 6 heteroatoms. The standard InChI is InChI=1S/C23H31N3O3/c1-29-11-7-16-12-15-13-23(22(28)24-8-10-27)20-18(6-9-26(14-15)21(16)23)17-4-2-3-5-19(17)25-20/h2-5,15-16,21,25,27H,6-14H2,1H3,(H,24,28). The van der Waals surface area contributed by atoms with Crippen LogP contribution in [0.4, 0.5) is 0 Å². The molecule has 2 aromatic rings. The Morgan fingerprint density at radius 1 is 1.41 bits per heavy atom. The van der Waals surface area contributed by atoms with Crippen molar-refractivity contribution in [3.63, 3.8) is 0 Å². The quantitative estimate of drug-likeness (QED) is 0.695. The van der Waals surface area contributed by atoms with Crippen molar-refractivity contribution >= 4 is 16.8 Å². The molecule has 1 aromatic carbocycles. The molecular weight excluding hydrogens is 366 g/mol. The molecule has 1 aromatic heterocycles. The normalized spacial score (nSPS) is 32.8. The van der Waals surface area contributed by atoms with Crippen LogP contribution in [-0.4, -0.2) is 66.9 Å². The number of nitrogens with one attached hydrogen (secondary N) is 2. The van der Waals surface area contributed by atoms with Crippen molar-refractivity contribution in [3.05, 3.63) is 35.5 Å². The Morgan fingerprint density at radius 3 is 3.10 bits per heavy atom. The Balaban J connectivity index is 1.68. The number of fused-ring (bicyclic) bond motifs is 4. The highest BCUT2D eigenvalue weighted by molar-refractivity contribution is 5.94. The van der Waals surface area contributed by atoms with Gasteiger partial charge in [0.2, 0.25) is 5.91 Å². The van der Waals surface area contributed by atoms with Gasteiger partial charge in [0, 0.05) is 56.0 Å². The Bertz CT molecular complexity index is 910. The van der Waals surface area contributed by atoms with E-state index in [1.165, 1.54) is 17.4 Å². The van der Waals surface area contributed by atoms with Crippen LogP contribution in [0.25, 0.3) is 10.9 Å². The highest BCUT2D eigenvalue weighted by atomic mass is 16.5. The van der Waals surface area contributed by atoms with Crippen LogP contribution >= 0.6 is 0 Å². The molecular formula is C23H31N3O3. The van der Waals surface area contributed by atoms with Gasteiger partial charge in [-0.2, -0.15) is 0 Å². The van der Waals surface area contributed by atoms with Gasteiger partial charge < -0.3 is 20.1 Å². The number of aliphatic hydroxyl groups is 1. The lowest BCUT2D eigenvalue weighted by atomic mass is 9.56. The Hall–Kier alpha value is -1.89. The van der Waals surface area contributed by atoms with Gasteiger partial charge in [0.15, 0.2) is 0 Å². The summed E-state index contributed by atoms with van der Waals surface area (Å²) in [6.45, 7) is 3.08. The third-order valence-corrected chi connectivity index (χ3v) is 7.49. The molecule has 3 aliphatic heterocycles. The zero-order chi connectivity index (χ0) is 20.0. The predicted octanol–water partition coefficient (Wildman–Crippen LogP) is 1.82. The van der Waals surface area contributed by atoms with Crippen LogP contribution in [0.3, 0.4) is 0 Å². The molecule has 1 amide bonds. The molecule has 0 spiro atoms. The van der Waals surface area contributed by atoms with Crippen LogP contribution < -0.4 is 5.32 Å². The summed E-state index contributed by atoms with van der Waals surface area (Å²) in [5.74, 6) is 1.03. The van der Waals surface area contributed by atoms with E-state index in [1.54, 1.807) is 7.11 Å². The maximum absolute atomic E-state index is 13.8. The summed E-state index contributed by atoms with van der Waals surface area (Å²) in [4.78, 5) is 20.1. The van der Waals surface area contributed by atoms with Crippen LogP contribution in [0.15, 0.2) is 24.3 Å². The van der Waals surface area contributed by atoms with Crippen molar-refractivity contribution in [2.24, 2.45) is 11.8 Å². The largest absolute Gasteiger partial charge is 0.395 e. The number of nitrogens with zero attached hydrogens (tertiary/aromatic N) is 1. The first-order valence-corrected chi connectivity index (χ1v) is 10.9. The molecule has 3 N–H and O–H groups in total. The fraction of sp³-hybridized carbons (Fsp3) is 0.609. The Morgan fingerprint density at radius 2 is 2.28 bits per heavy atom. The van der Waals surface area contributed by atoms with E-state index >= 15 is 0 Å². The summed E-state index contributed by atoms with van der Waals surface area (Å²) >= 11 is 0. The lowest BCUT2D eigenvalue weighted by molar-refractivity contribution is -0.142. The van der Waals surface area contributed by atoms with Crippen LogP contribution in [-0.2, 0) is 21.4 Å². The Kier molecular flexibility index (Phi) is 4.88. The average molecular weight is 398 g/mol. The van der Waals surface area contributed by atoms with Crippen molar-refractivity contribution in [2.45, 2.75) is 37.1 Å². The fourth-order valence-corrected chi connectivity index (χ4v) is 6.60. The molecule has 0 radical (unpaired) electrons. The van der Waals surface area contributed by atoms with E-state index in [9.17, 15) is 9.90 Å². The molecule has 29 heavy (non-hydrogen) atoms. The molecule has 4 heterocycles. The summed E-state index contributed by atoms with van der Waals surface area (Å²) in [5.41, 5.74) is 2.96. The highest BCUT2D eigenvalue weighted by Crippen LogP contribution is 2.55. The van der Waals surface area contributed by atoms with Gasteiger partial charge in [0.25, 0.3) is 0 Å². The molecule has 6 rings (SSSR count). The van der Waals surface area contributed by atoms with E-state index in [2.05, 4.69) is 39.5 Å². The zero-order valence-electron chi connectivity index (χ0n) is 17.1. The number of aromatic nitrogens is 1. The number of carbonyl (C=O) groups is 1. The van der Waals surface area contributed by atoms with Gasteiger partial charge in [-0.15, -0.1) is 0 Å². The summed E-state index contributed by atoms with van der Waals surface area (Å²) in [5, 5.41) is 13.7. The number of rotatable bonds is 6. The van der Waals surface area contributed by atoms with Crippen molar-refractivity contribution < 1.29 is 14.6 Å². The number of piperidine rings is 2. The number of H-pyrrole nitrogens is 1. The van der Waals surface area contributed by atoms with Crippen molar-refractivity contribution in [1.29, 1.82) is 0 Å². The zero-order valence-corrected chi connectivity index (χ0v) is 17.1. The summed E-state index contributed by atoms with van der Waals surface area (Å²) < 4.78 is 5.42. The van der Waals surface area contributed by atoms with Crippen LogP contribution in [0.5, 0.6) is 0 Å². The maximum Gasteiger partial charge on any atom is 0.233 e. The second-order valence-corrected chi connectivity index (χ2v) is 9.01. The minimum Gasteiger partial charge on any atom is -0.395 e. The van der Waals surface area contributed by atoms with Gasteiger partial charge in [-0.05, 0) is 49.1 Å². The van der Waals surface area contributed by atoms with E-state index in [0.717, 1.165) is 50.2 Å². The predicted molar refractivity (Wildman–Crippen MR) is 112 cm³/mol. The van der Waals surface area contributed by atoms with Gasteiger partial charge in [-0.3, -0.25) is 9.69 Å². The second kappa shape index (κ2) is 7.42. The number of para-hydroxylation sites is 1. The minimum atomic E-state index is -0.584. The van der Waals surface area contributed by atoms with Gasteiger partial charge >= 0.3 is 0 Å². The van der Waals surface area contributed by atoms with Gasteiger partial charge in [0.1, 0.15) is 5.41 Å². The van der Waals surface area contributed by atoms with Crippen molar-refractivity contribution in [1.82, 2.24) is 15.2 Å². The third kappa shape index (κ3) is 2.84. The lowest BCUT2D eigenvalue weighted by Gasteiger charge is -2.58. The summed E-state index contributed by atoms with van der Waals surface area (Å²) in [7, 11) is 1.76. The molecule has 1 saturated carbocycles. The number of ether oxygens (including phenoxy) is 1. The average Bonchev–Trinajstić information content (AvgIpc) is 3.09. The van der Waals surface area contributed by atoms with Crippen molar-refractivity contribution in [3.8, 4) is 0 Å². The molecule has 6 nitrogen and oxygen atoms in total. The first kappa shape index (κ1) is 19.1. The molecule has 4 aliphatic rings. The molecule has 3 fully saturated rings. The molecule has 1 aliphatic carbocycles. The SMILES string of the molecule is COCCC1CC2CN3CCc4c([nH]c5ccccc45)C(C(=O)NCCO)(C2)C13. The second-order valence-electron chi connectivity index (χ2n) is 9.01. The third-order valence-electron chi connectivity index (χ3n) is 7.49. The Labute approximate surface area is 171 Å². The monoisotopic (exact) mass is 397 g/mol. The van der Waals surface area contributed by atoms with E-state index < -0.39 is 5.41 Å². The van der Waals surface area contributed by atoms with E-state index in [-0.39, 0.29) is 18.6 Å². The summed E-state index contributed by atoms with van der Waals surface area (Å²) in [6.07, 6.45) is 4.01. The number of carbonyl (C=O) groups excluding carboxylic acids is 1. The molecule has 5 atom stereocenters. The molecule has 2 saturated heterocycles. The van der Waals surface area contributed by atoms with Gasteiger partial charge in [-0.25, -0.2) is 0 Å². The number of hydrogen-bond donors (Lipinski definition) is 3.